The summed E-state index contributed by atoms with van der Waals surface area (Å²) in [4.78, 5) is 14.5. The van der Waals surface area contributed by atoms with Gasteiger partial charge in [0.1, 0.15) is 17.5 Å². The predicted octanol–water partition coefficient (Wildman–Crippen LogP) is 3.48. The van der Waals surface area contributed by atoms with Crippen LogP contribution in [0, 0.1) is 5.82 Å². The van der Waals surface area contributed by atoms with Crippen molar-refractivity contribution in [1.29, 1.82) is 0 Å². The number of hydrogen-bond donors (Lipinski definition) is 0. The number of likely N-dealkylation sites (tertiary alicyclic amines) is 1. The van der Waals surface area contributed by atoms with Crippen LogP contribution < -0.4 is 0 Å². The molecule has 5 nitrogen and oxygen atoms in total. The van der Waals surface area contributed by atoms with E-state index in [1.807, 2.05) is 11.0 Å². The number of fused-ring (bicyclic) bond motifs is 1. The second kappa shape index (κ2) is 8.19. The Balaban J connectivity index is 1.31. The van der Waals surface area contributed by atoms with Crippen molar-refractivity contribution in [2.75, 3.05) is 13.1 Å². The molecule has 0 unspecified atom stereocenters. The van der Waals surface area contributed by atoms with Crippen LogP contribution in [-0.4, -0.2) is 38.7 Å². The quantitative estimate of drug-likeness (QED) is 0.828. The average Bonchev–Trinajstić information content (AvgIpc) is 2.94. The molecule has 3 heterocycles. The number of halogens is 1. The number of amides is 1. The van der Waals surface area contributed by atoms with Crippen LogP contribution in [0.5, 0.6) is 0 Å². The average molecular weight is 370 g/mol. The summed E-state index contributed by atoms with van der Waals surface area (Å²) in [6, 6.07) is 6.51. The third-order valence-electron chi connectivity index (χ3n) is 5.87. The zero-order valence-electron chi connectivity index (χ0n) is 15.7. The number of aromatic nitrogens is 3. The van der Waals surface area contributed by atoms with Crippen LogP contribution in [0.1, 0.15) is 61.7 Å². The molecule has 0 aliphatic carbocycles. The van der Waals surface area contributed by atoms with Gasteiger partial charge < -0.3 is 9.47 Å². The summed E-state index contributed by atoms with van der Waals surface area (Å²) in [6.45, 7) is 2.58. The van der Waals surface area contributed by atoms with Gasteiger partial charge in [-0.25, -0.2) is 4.39 Å². The summed E-state index contributed by atoms with van der Waals surface area (Å²) in [6.07, 6.45) is 7.63. The molecule has 0 radical (unpaired) electrons. The molecule has 0 bridgehead atoms. The molecular formula is C21H27FN4O. The van der Waals surface area contributed by atoms with Gasteiger partial charge in [-0.15, -0.1) is 10.2 Å². The van der Waals surface area contributed by atoms with Crippen LogP contribution in [0.2, 0.25) is 0 Å². The van der Waals surface area contributed by atoms with Gasteiger partial charge in [0, 0.05) is 38.4 Å². The Labute approximate surface area is 159 Å². The first-order chi connectivity index (χ1) is 13.2. The lowest BCUT2D eigenvalue weighted by molar-refractivity contribution is -0.132. The minimum atomic E-state index is -0.242. The van der Waals surface area contributed by atoms with E-state index in [-0.39, 0.29) is 11.7 Å². The van der Waals surface area contributed by atoms with Crippen molar-refractivity contribution in [3.63, 3.8) is 0 Å². The monoisotopic (exact) mass is 370 g/mol. The molecule has 0 saturated carbocycles. The Morgan fingerprint density at radius 1 is 1.11 bits per heavy atom. The summed E-state index contributed by atoms with van der Waals surface area (Å²) in [5.74, 6) is 2.58. The molecule has 27 heavy (non-hydrogen) atoms. The minimum Gasteiger partial charge on any atom is -0.343 e. The van der Waals surface area contributed by atoms with Gasteiger partial charge in [0.2, 0.25) is 5.91 Å². The number of piperidine rings is 1. The van der Waals surface area contributed by atoms with Gasteiger partial charge in [-0.05, 0) is 49.8 Å². The third kappa shape index (κ3) is 4.20. The maximum absolute atomic E-state index is 13.3. The second-order valence-electron chi connectivity index (χ2n) is 7.72. The Kier molecular flexibility index (Phi) is 5.50. The highest BCUT2D eigenvalue weighted by Crippen LogP contribution is 2.29. The van der Waals surface area contributed by atoms with E-state index >= 15 is 0 Å². The molecule has 0 atom stereocenters. The first-order valence-corrected chi connectivity index (χ1v) is 10.1. The van der Waals surface area contributed by atoms with Crippen molar-refractivity contribution < 1.29 is 9.18 Å². The summed E-state index contributed by atoms with van der Waals surface area (Å²) < 4.78 is 15.6. The van der Waals surface area contributed by atoms with Crippen molar-refractivity contribution >= 4 is 5.91 Å². The highest BCUT2D eigenvalue weighted by Gasteiger charge is 2.28. The topological polar surface area (TPSA) is 51.0 Å². The first-order valence-electron chi connectivity index (χ1n) is 10.1. The molecule has 1 aromatic heterocycles. The van der Waals surface area contributed by atoms with E-state index in [0.717, 1.165) is 56.1 Å². The molecule has 0 spiro atoms. The summed E-state index contributed by atoms with van der Waals surface area (Å²) in [7, 11) is 0. The summed E-state index contributed by atoms with van der Waals surface area (Å²) in [5, 5.41) is 8.91. The van der Waals surface area contributed by atoms with E-state index in [2.05, 4.69) is 14.8 Å². The molecule has 2 aromatic rings. The number of carbonyl (C=O) groups is 1. The Hall–Kier alpha value is -2.24. The molecule has 2 aliphatic rings. The summed E-state index contributed by atoms with van der Waals surface area (Å²) >= 11 is 0. The molecule has 2 aliphatic heterocycles. The fraction of sp³-hybridized carbons (Fsp3) is 0.571. The SMILES string of the molecule is O=C(CCc1cccc(F)c1)N1CCC(c2nnc3n2CCCCC3)CC1. The van der Waals surface area contributed by atoms with E-state index in [1.165, 1.54) is 31.4 Å². The molecule has 1 fully saturated rings. The van der Waals surface area contributed by atoms with Gasteiger partial charge in [0.05, 0.1) is 0 Å². The van der Waals surface area contributed by atoms with E-state index in [4.69, 9.17) is 0 Å². The van der Waals surface area contributed by atoms with E-state index in [9.17, 15) is 9.18 Å². The molecule has 144 valence electrons. The Morgan fingerprint density at radius 3 is 2.78 bits per heavy atom. The van der Waals surface area contributed by atoms with Crippen molar-refractivity contribution in [3.8, 4) is 0 Å². The van der Waals surface area contributed by atoms with Crippen molar-refractivity contribution in [2.24, 2.45) is 0 Å². The molecule has 1 aromatic carbocycles. The standard InChI is InChI=1S/C21H27FN4O/c22-18-6-4-5-16(15-18)8-9-20(27)25-13-10-17(11-14-25)21-24-23-19-7-2-1-3-12-26(19)21/h4-6,15,17H,1-3,7-14H2. The lowest BCUT2D eigenvalue weighted by atomic mass is 9.95. The van der Waals surface area contributed by atoms with E-state index in [1.54, 1.807) is 6.07 Å². The van der Waals surface area contributed by atoms with Gasteiger partial charge in [-0.1, -0.05) is 18.6 Å². The maximum Gasteiger partial charge on any atom is 0.222 e. The normalized spacial score (nSPS) is 18.2. The van der Waals surface area contributed by atoms with Crippen LogP contribution in [0.15, 0.2) is 24.3 Å². The molecular weight excluding hydrogens is 343 g/mol. The minimum absolute atomic E-state index is 0.165. The Morgan fingerprint density at radius 2 is 1.96 bits per heavy atom. The van der Waals surface area contributed by atoms with Gasteiger partial charge in [0.25, 0.3) is 0 Å². The first kappa shape index (κ1) is 18.1. The number of rotatable bonds is 4. The van der Waals surface area contributed by atoms with Crippen LogP contribution in [0.3, 0.4) is 0 Å². The van der Waals surface area contributed by atoms with Gasteiger partial charge in [-0.2, -0.15) is 0 Å². The lowest BCUT2D eigenvalue weighted by Gasteiger charge is -2.32. The molecule has 4 rings (SSSR count). The van der Waals surface area contributed by atoms with E-state index < -0.39 is 0 Å². The van der Waals surface area contributed by atoms with Crippen LogP contribution in [-0.2, 0) is 24.2 Å². The smallest absolute Gasteiger partial charge is 0.222 e. The van der Waals surface area contributed by atoms with Crippen LogP contribution in [0.4, 0.5) is 4.39 Å². The lowest BCUT2D eigenvalue weighted by Crippen LogP contribution is -2.38. The molecule has 6 heteroatoms. The highest BCUT2D eigenvalue weighted by atomic mass is 19.1. The van der Waals surface area contributed by atoms with Crippen LogP contribution in [0.25, 0.3) is 0 Å². The zero-order valence-corrected chi connectivity index (χ0v) is 15.7. The predicted molar refractivity (Wildman–Crippen MR) is 101 cm³/mol. The fourth-order valence-electron chi connectivity index (χ4n) is 4.30. The highest BCUT2D eigenvalue weighted by molar-refractivity contribution is 5.76. The number of aryl methyl sites for hydroxylation is 2. The second-order valence-corrected chi connectivity index (χ2v) is 7.72. The van der Waals surface area contributed by atoms with Gasteiger partial charge in [0.15, 0.2) is 0 Å². The van der Waals surface area contributed by atoms with Crippen molar-refractivity contribution in [3.05, 3.63) is 47.3 Å². The van der Waals surface area contributed by atoms with Crippen molar-refractivity contribution in [1.82, 2.24) is 19.7 Å². The summed E-state index contributed by atoms with van der Waals surface area (Å²) in [5.41, 5.74) is 0.879. The number of nitrogens with zero attached hydrogens (tertiary/aromatic N) is 4. The molecule has 0 N–H and O–H groups in total. The fourth-order valence-corrected chi connectivity index (χ4v) is 4.30. The number of benzene rings is 1. The third-order valence-corrected chi connectivity index (χ3v) is 5.87. The molecule has 1 saturated heterocycles. The van der Waals surface area contributed by atoms with Crippen LogP contribution >= 0.6 is 0 Å². The van der Waals surface area contributed by atoms with Crippen molar-refractivity contribution in [2.45, 2.75) is 63.8 Å². The number of hydrogen-bond acceptors (Lipinski definition) is 3. The zero-order chi connectivity index (χ0) is 18.6. The largest absolute Gasteiger partial charge is 0.343 e. The maximum atomic E-state index is 13.3. The van der Waals surface area contributed by atoms with E-state index in [0.29, 0.717) is 18.8 Å². The Bertz CT molecular complexity index is 795. The van der Waals surface area contributed by atoms with Gasteiger partial charge >= 0.3 is 0 Å². The number of carbonyl (C=O) groups excluding carboxylic acids is 1. The molecule has 1 amide bonds. The van der Waals surface area contributed by atoms with Gasteiger partial charge in [-0.3, -0.25) is 4.79 Å².